The second kappa shape index (κ2) is 4.23. The maximum atomic E-state index is 10.7. The van der Waals surface area contributed by atoms with Crippen LogP contribution in [-0.4, -0.2) is 37.1 Å². The lowest BCUT2D eigenvalue weighted by atomic mass is 10.1. The first-order valence-corrected chi connectivity index (χ1v) is 4.06. The Bertz CT molecular complexity index is 206. The van der Waals surface area contributed by atoms with Gasteiger partial charge in [-0.15, -0.1) is 5.16 Å². The highest BCUT2D eigenvalue weighted by molar-refractivity contribution is 5.70. The lowest BCUT2D eigenvalue weighted by Crippen LogP contribution is -2.22. The van der Waals surface area contributed by atoms with E-state index < -0.39 is 11.9 Å². The summed E-state index contributed by atoms with van der Waals surface area (Å²) in [6.45, 7) is 3.19. The molecule has 1 N–H and O–H groups in total. The van der Waals surface area contributed by atoms with Crippen molar-refractivity contribution < 1.29 is 19.5 Å². The van der Waals surface area contributed by atoms with Gasteiger partial charge in [0.25, 0.3) is 0 Å². The maximum Gasteiger partial charge on any atom is 0.306 e. The topological polar surface area (TPSA) is 68.1 Å². The van der Waals surface area contributed by atoms with E-state index in [1.54, 1.807) is 0 Å². The molecule has 0 spiro atoms. The first-order chi connectivity index (χ1) is 6.19. The van der Waals surface area contributed by atoms with Crippen molar-refractivity contribution in [2.75, 3.05) is 7.11 Å². The van der Waals surface area contributed by atoms with Crippen LogP contribution in [0.15, 0.2) is 5.16 Å². The average molecular weight is 187 g/mol. The Morgan fingerprint density at radius 1 is 1.54 bits per heavy atom. The SMILES string of the molecule is C=NO[C@@H]1C[C@H](C(=O)O)C[C@H]1OC. The zero-order chi connectivity index (χ0) is 9.84. The summed E-state index contributed by atoms with van der Waals surface area (Å²) < 4.78 is 5.08. The minimum Gasteiger partial charge on any atom is -0.481 e. The molecule has 0 aromatic heterocycles. The molecule has 1 aliphatic rings. The number of hydrogen-bond acceptors (Lipinski definition) is 4. The molecule has 0 amide bonds. The Hall–Kier alpha value is -1.10. The summed E-state index contributed by atoms with van der Waals surface area (Å²) in [6, 6.07) is 0. The second-order valence-corrected chi connectivity index (χ2v) is 3.05. The fourth-order valence-electron chi connectivity index (χ4n) is 1.62. The molecule has 1 saturated carbocycles. The summed E-state index contributed by atoms with van der Waals surface area (Å²) in [5.41, 5.74) is 0. The van der Waals surface area contributed by atoms with Gasteiger partial charge in [0.2, 0.25) is 0 Å². The molecule has 0 heterocycles. The third kappa shape index (κ3) is 2.18. The van der Waals surface area contributed by atoms with Crippen LogP contribution in [0.5, 0.6) is 0 Å². The zero-order valence-electron chi connectivity index (χ0n) is 7.47. The number of rotatable bonds is 4. The molecule has 0 aromatic rings. The van der Waals surface area contributed by atoms with Gasteiger partial charge >= 0.3 is 5.97 Å². The molecule has 3 atom stereocenters. The van der Waals surface area contributed by atoms with Gasteiger partial charge in [-0.2, -0.15) is 0 Å². The Balaban J connectivity index is 2.55. The van der Waals surface area contributed by atoms with Crippen LogP contribution in [0.3, 0.4) is 0 Å². The summed E-state index contributed by atoms with van der Waals surface area (Å²) >= 11 is 0. The molecule has 0 saturated heterocycles. The van der Waals surface area contributed by atoms with E-state index in [9.17, 15) is 4.79 Å². The van der Waals surface area contributed by atoms with Gasteiger partial charge in [0, 0.05) is 20.2 Å². The number of nitrogens with zero attached hydrogens (tertiary/aromatic N) is 1. The second-order valence-electron chi connectivity index (χ2n) is 3.05. The number of ether oxygens (including phenoxy) is 1. The lowest BCUT2D eigenvalue weighted by Gasteiger charge is -2.14. The maximum absolute atomic E-state index is 10.7. The van der Waals surface area contributed by atoms with Crippen molar-refractivity contribution in [1.29, 1.82) is 0 Å². The summed E-state index contributed by atoms with van der Waals surface area (Å²) in [7, 11) is 1.54. The van der Waals surface area contributed by atoms with Gasteiger partial charge in [-0.25, -0.2) is 0 Å². The van der Waals surface area contributed by atoms with Crippen molar-refractivity contribution in [2.24, 2.45) is 11.1 Å². The van der Waals surface area contributed by atoms with Gasteiger partial charge in [-0.05, 0) is 6.42 Å². The fourth-order valence-corrected chi connectivity index (χ4v) is 1.62. The summed E-state index contributed by atoms with van der Waals surface area (Å²) in [6.07, 6.45) is 0.453. The van der Waals surface area contributed by atoms with Crippen LogP contribution in [0.25, 0.3) is 0 Å². The number of aliphatic carboxylic acids is 1. The van der Waals surface area contributed by atoms with E-state index in [4.69, 9.17) is 14.7 Å². The van der Waals surface area contributed by atoms with Crippen molar-refractivity contribution in [1.82, 2.24) is 0 Å². The Kier molecular flexibility index (Phi) is 3.25. The van der Waals surface area contributed by atoms with Gasteiger partial charge < -0.3 is 14.7 Å². The standard InChI is InChI=1S/C8H13NO4/c1-9-13-7-4-5(8(10)11)3-6(7)12-2/h5-7H,1,3-4H2,2H3,(H,10,11)/t5-,6-,7-/m1/s1. The Morgan fingerprint density at radius 2 is 2.15 bits per heavy atom. The number of carbonyl (C=O) groups is 1. The number of carboxylic acids is 1. The molecule has 5 nitrogen and oxygen atoms in total. The molecular formula is C8H13NO4. The summed E-state index contributed by atoms with van der Waals surface area (Å²) in [4.78, 5) is 15.6. The first-order valence-electron chi connectivity index (χ1n) is 4.06. The van der Waals surface area contributed by atoms with Crippen molar-refractivity contribution in [3.63, 3.8) is 0 Å². The van der Waals surface area contributed by atoms with Gasteiger partial charge in [-0.3, -0.25) is 4.79 Å². The third-order valence-electron chi connectivity index (χ3n) is 2.31. The highest BCUT2D eigenvalue weighted by Gasteiger charge is 2.39. The van der Waals surface area contributed by atoms with Crippen LogP contribution in [0.2, 0.25) is 0 Å². The van der Waals surface area contributed by atoms with Gasteiger partial charge in [0.1, 0.15) is 0 Å². The van der Waals surface area contributed by atoms with E-state index in [1.165, 1.54) is 7.11 Å². The number of oxime groups is 1. The molecule has 1 aliphatic carbocycles. The van der Waals surface area contributed by atoms with Crippen LogP contribution in [0.1, 0.15) is 12.8 Å². The molecule has 5 heteroatoms. The van der Waals surface area contributed by atoms with E-state index in [2.05, 4.69) is 11.9 Å². The Labute approximate surface area is 76.3 Å². The van der Waals surface area contributed by atoms with Crippen LogP contribution in [0, 0.1) is 5.92 Å². The first kappa shape index (κ1) is 9.98. The van der Waals surface area contributed by atoms with E-state index in [0.717, 1.165) is 0 Å². The molecule has 74 valence electrons. The highest BCUT2D eigenvalue weighted by atomic mass is 16.7. The molecule has 0 radical (unpaired) electrons. The monoisotopic (exact) mass is 187 g/mol. The van der Waals surface area contributed by atoms with Crippen LogP contribution in [0.4, 0.5) is 0 Å². The molecular weight excluding hydrogens is 174 g/mol. The zero-order valence-corrected chi connectivity index (χ0v) is 7.47. The molecule has 0 unspecified atom stereocenters. The highest BCUT2D eigenvalue weighted by Crippen LogP contribution is 2.30. The predicted molar refractivity (Wildman–Crippen MR) is 45.6 cm³/mol. The quantitative estimate of drug-likeness (QED) is 0.514. The van der Waals surface area contributed by atoms with Gasteiger partial charge in [0.05, 0.1) is 12.0 Å². The average Bonchev–Trinajstić information content (AvgIpc) is 2.48. The normalized spacial score (nSPS) is 32.8. The van der Waals surface area contributed by atoms with E-state index >= 15 is 0 Å². The predicted octanol–water partition coefficient (Wildman–Crippen LogP) is 0.497. The summed E-state index contributed by atoms with van der Waals surface area (Å²) in [5.74, 6) is -1.20. The summed E-state index contributed by atoms with van der Waals surface area (Å²) in [5, 5.41) is 12.0. The molecule has 1 fully saturated rings. The molecule has 0 bridgehead atoms. The van der Waals surface area contributed by atoms with Crippen LogP contribution in [-0.2, 0) is 14.4 Å². The lowest BCUT2D eigenvalue weighted by molar-refractivity contribution is -0.141. The molecule has 1 rings (SSSR count). The number of hydrogen-bond donors (Lipinski definition) is 1. The third-order valence-corrected chi connectivity index (χ3v) is 2.31. The van der Waals surface area contributed by atoms with E-state index in [-0.39, 0.29) is 12.2 Å². The largest absolute Gasteiger partial charge is 0.481 e. The fraction of sp³-hybridized carbons (Fsp3) is 0.750. The minimum absolute atomic E-state index is 0.188. The van der Waals surface area contributed by atoms with E-state index in [1.807, 2.05) is 0 Å². The number of carboxylic acid groups (broad SMARTS) is 1. The minimum atomic E-state index is -0.808. The van der Waals surface area contributed by atoms with Crippen molar-refractivity contribution >= 4 is 12.7 Å². The number of methoxy groups -OCH3 is 1. The van der Waals surface area contributed by atoms with Crippen molar-refractivity contribution in [3.05, 3.63) is 0 Å². The molecule has 13 heavy (non-hydrogen) atoms. The smallest absolute Gasteiger partial charge is 0.306 e. The van der Waals surface area contributed by atoms with E-state index in [0.29, 0.717) is 12.8 Å². The van der Waals surface area contributed by atoms with Gasteiger partial charge in [-0.1, -0.05) is 0 Å². The van der Waals surface area contributed by atoms with Crippen molar-refractivity contribution in [2.45, 2.75) is 25.0 Å². The van der Waals surface area contributed by atoms with Crippen molar-refractivity contribution in [3.8, 4) is 0 Å². The Morgan fingerprint density at radius 3 is 2.62 bits per heavy atom. The van der Waals surface area contributed by atoms with Crippen LogP contribution < -0.4 is 0 Å². The van der Waals surface area contributed by atoms with Crippen LogP contribution >= 0.6 is 0 Å². The molecule has 0 aliphatic heterocycles. The molecule has 0 aromatic carbocycles. The van der Waals surface area contributed by atoms with Gasteiger partial charge in [0.15, 0.2) is 6.10 Å².